The first-order valence-corrected chi connectivity index (χ1v) is 8.99. The van der Waals surface area contributed by atoms with E-state index in [4.69, 9.17) is 5.11 Å². The molecule has 4 nitrogen and oxygen atoms in total. The zero-order chi connectivity index (χ0) is 14.9. The number of unbranched alkanes of at least 4 members (excludes halogenated alkanes) is 1. The van der Waals surface area contributed by atoms with Crippen LogP contribution in [0.3, 0.4) is 0 Å². The fourth-order valence-corrected chi connectivity index (χ4v) is 4.31. The fourth-order valence-electron chi connectivity index (χ4n) is 1.90. The number of hydrogen-bond donors (Lipinski definition) is 1. The van der Waals surface area contributed by atoms with Gasteiger partial charge in [0.2, 0.25) is 0 Å². The highest BCUT2D eigenvalue weighted by molar-refractivity contribution is 9.15. The van der Waals surface area contributed by atoms with E-state index in [9.17, 15) is 4.79 Å². The van der Waals surface area contributed by atoms with Crippen LogP contribution in [0.2, 0.25) is 0 Å². The van der Waals surface area contributed by atoms with Crippen LogP contribution < -0.4 is 0 Å². The van der Waals surface area contributed by atoms with Crippen molar-refractivity contribution in [3.8, 4) is 0 Å². The third kappa shape index (κ3) is 3.28. The van der Waals surface area contributed by atoms with E-state index in [2.05, 4.69) is 68.7 Å². The predicted molar refractivity (Wildman–Crippen MR) is 92.0 cm³/mol. The first-order chi connectivity index (χ1) is 9.43. The highest BCUT2D eigenvalue weighted by Crippen LogP contribution is 2.42. The number of aliphatic carboxylic acids is 1. The maximum atomic E-state index is 10.5. The number of aromatic nitrogens is 2. The van der Waals surface area contributed by atoms with E-state index in [1.54, 1.807) is 6.33 Å². The van der Waals surface area contributed by atoms with Gasteiger partial charge < -0.3 is 9.67 Å². The molecule has 8 heteroatoms. The van der Waals surface area contributed by atoms with Crippen LogP contribution in [0.5, 0.6) is 0 Å². The molecule has 0 fully saturated rings. The Morgan fingerprint density at radius 3 is 2.40 bits per heavy atom. The summed E-state index contributed by atoms with van der Waals surface area (Å²) in [4.78, 5) is 14.9. The van der Waals surface area contributed by atoms with Crippen LogP contribution in [-0.2, 0) is 11.3 Å². The van der Waals surface area contributed by atoms with Crippen LogP contribution in [-0.4, -0.2) is 20.6 Å². The van der Waals surface area contributed by atoms with Crippen molar-refractivity contribution in [3.63, 3.8) is 0 Å². The summed E-state index contributed by atoms with van der Waals surface area (Å²) in [7, 11) is 0. The largest absolute Gasteiger partial charge is 0.481 e. The first-order valence-electron chi connectivity index (χ1n) is 5.82. The molecule has 0 aliphatic carbocycles. The minimum Gasteiger partial charge on any atom is -0.481 e. The predicted octanol–water partition coefficient (Wildman–Crippen LogP) is 5.34. The number of aryl methyl sites for hydroxylation is 1. The number of carbonyl (C=O) groups is 1. The molecule has 0 saturated carbocycles. The number of carboxylic acids is 1. The van der Waals surface area contributed by atoms with Gasteiger partial charge in [-0.25, -0.2) is 4.98 Å². The molecule has 2 rings (SSSR count). The quantitative estimate of drug-likeness (QED) is 0.321. The molecule has 1 N–H and O–H groups in total. The van der Waals surface area contributed by atoms with Crippen LogP contribution in [0.4, 0.5) is 0 Å². The third-order valence-electron chi connectivity index (χ3n) is 2.87. The summed E-state index contributed by atoms with van der Waals surface area (Å²) in [5.41, 5.74) is 1.85. The summed E-state index contributed by atoms with van der Waals surface area (Å²) in [5, 5.41) is 8.65. The van der Waals surface area contributed by atoms with Crippen LogP contribution >= 0.6 is 63.7 Å². The maximum absolute atomic E-state index is 10.5. The molecule has 2 aromatic rings. The molecule has 108 valence electrons. The van der Waals surface area contributed by atoms with E-state index in [1.807, 2.05) is 4.57 Å². The molecule has 1 aromatic heterocycles. The molecule has 0 saturated heterocycles. The van der Waals surface area contributed by atoms with E-state index in [1.165, 1.54) is 0 Å². The summed E-state index contributed by atoms with van der Waals surface area (Å²) in [6.07, 6.45) is 3.44. The van der Waals surface area contributed by atoms with Crippen molar-refractivity contribution in [1.82, 2.24) is 9.55 Å². The van der Waals surface area contributed by atoms with E-state index < -0.39 is 5.97 Å². The summed E-state index contributed by atoms with van der Waals surface area (Å²) < 4.78 is 5.69. The summed E-state index contributed by atoms with van der Waals surface area (Å²) in [5.74, 6) is -0.754. The SMILES string of the molecule is O=C(O)CCCCn1cnc2c(Br)c(Br)c(Br)c(Br)c21. The van der Waals surface area contributed by atoms with Gasteiger partial charge in [0.25, 0.3) is 0 Å². The first kappa shape index (κ1) is 16.5. The van der Waals surface area contributed by atoms with Crippen molar-refractivity contribution in [1.29, 1.82) is 0 Å². The van der Waals surface area contributed by atoms with Gasteiger partial charge in [-0.15, -0.1) is 0 Å². The molecule has 1 aromatic carbocycles. The lowest BCUT2D eigenvalue weighted by atomic mass is 10.2. The van der Waals surface area contributed by atoms with Gasteiger partial charge in [-0.2, -0.15) is 0 Å². The normalized spacial score (nSPS) is 11.2. The highest BCUT2D eigenvalue weighted by Gasteiger charge is 2.17. The number of rotatable bonds is 5. The molecule has 0 aliphatic heterocycles. The van der Waals surface area contributed by atoms with Crippen molar-refractivity contribution in [2.45, 2.75) is 25.8 Å². The number of fused-ring (bicyclic) bond motifs is 1. The highest BCUT2D eigenvalue weighted by atomic mass is 79.9. The number of hydrogen-bond acceptors (Lipinski definition) is 2. The van der Waals surface area contributed by atoms with Gasteiger partial charge >= 0.3 is 5.97 Å². The zero-order valence-electron chi connectivity index (χ0n) is 10.2. The molecule has 0 unspecified atom stereocenters. The molecule has 0 atom stereocenters. The number of carboxylic acid groups (broad SMARTS) is 1. The second-order valence-corrected chi connectivity index (χ2v) is 7.41. The van der Waals surface area contributed by atoms with E-state index in [-0.39, 0.29) is 6.42 Å². The second-order valence-electron chi connectivity index (χ2n) is 4.24. The van der Waals surface area contributed by atoms with Gasteiger partial charge in [-0.3, -0.25) is 4.79 Å². The minimum atomic E-state index is -0.754. The van der Waals surface area contributed by atoms with E-state index in [0.717, 1.165) is 41.9 Å². The van der Waals surface area contributed by atoms with Crippen LogP contribution in [0.15, 0.2) is 24.2 Å². The molecule has 20 heavy (non-hydrogen) atoms. The standard InChI is InChI=1S/C12H10Br4N2O2/c13-7-8(14)10(16)12-11(9(7)15)17-5-18(12)4-2-1-3-6(19)20/h5H,1-4H2,(H,19,20). The summed E-state index contributed by atoms with van der Waals surface area (Å²) in [6, 6.07) is 0. The topological polar surface area (TPSA) is 55.1 Å². The zero-order valence-corrected chi connectivity index (χ0v) is 16.5. The smallest absolute Gasteiger partial charge is 0.303 e. The molecule has 0 aliphatic rings. The monoisotopic (exact) mass is 530 g/mol. The van der Waals surface area contributed by atoms with Gasteiger partial charge in [-0.1, -0.05) is 0 Å². The Morgan fingerprint density at radius 2 is 1.75 bits per heavy atom. The molecule has 0 bridgehead atoms. The van der Waals surface area contributed by atoms with E-state index >= 15 is 0 Å². The van der Waals surface area contributed by atoms with Gasteiger partial charge in [0.1, 0.15) is 5.52 Å². The summed E-state index contributed by atoms with van der Waals surface area (Å²) in [6.45, 7) is 0.739. The minimum absolute atomic E-state index is 0.201. The molecule has 0 amide bonds. The number of imidazole rings is 1. The Labute approximate surface area is 149 Å². The van der Waals surface area contributed by atoms with Gasteiger partial charge in [0, 0.05) is 21.9 Å². The van der Waals surface area contributed by atoms with Crippen molar-refractivity contribution < 1.29 is 9.90 Å². The van der Waals surface area contributed by atoms with Crippen LogP contribution in [0, 0.1) is 0 Å². The van der Waals surface area contributed by atoms with Crippen molar-refractivity contribution in [2.24, 2.45) is 0 Å². The molecule has 0 radical (unpaired) electrons. The Balaban J connectivity index is 2.30. The number of nitrogens with zero attached hydrogens (tertiary/aromatic N) is 2. The van der Waals surface area contributed by atoms with Gasteiger partial charge in [-0.05, 0) is 76.6 Å². The molecular weight excluding hydrogens is 524 g/mol. The van der Waals surface area contributed by atoms with Gasteiger partial charge in [0.05, 0.1) is 20.8 Å². The Bertz CT molecular complexity index is 669. The summed E-state index contributed by atoms with van der Waals surface area (Å²) >= 11 is 14.1. The second kappa shape index (κ2) is 6.89. The average molecular weight is 534 g/mol. The fraction of sp³-hybridized carbons (Fsp3) is 0.333. The van der Waals surface area contributed by atoms with E-state index in [0.29, 0.717) is 6.42 Å². The molecular formula is C12H10Br4N2O2. The number of benzene rings is 1. The Morgan fingerprint density at radius 1 is 1.10 bits per heavy atom. The Kier molecular flexibility index (Phi) is 5.67. The lowest BCUT2D eigenvalue weighted by Crippen LogP contribution is -2.00. The van der Waals surface area contributed by atoms with Crippen molar-refractivity contribution in [3.05, 3.63) is 24.2 Å². The molecule has 1 heterocycles. The van der Waals surface area contributed by atoms with Crippen LogP contribution in [0.1, 0.15) is 19.3 Å². The maximum Gasteiger partial charge on any atom is 0.303 e. The Hall–Kier alpha value is 0.0800. The van der Waals surface area contributed by atoms with Crippen molar-refractivity contribution >= 4 is 80.7 Å². The van der Waals surface area contributed by atoms with Gasteiger partial charge in [0.15, 0.2) is 0 Å². The molecule has 0 spiro atoms. The lowest BCUT2D eigenvalue weighted by molar-refractivity contribution is -0.137. The lowest BCUT2D eigenvalue weighted by Gasteiger charge is -2.09. The average Bonchev–Trinajstić information content (AvgIpc) is 2.82. The van der Waals surface area contributed by atoms with Crippen molar-refractivity contribution in [2.75, 3.05) is 0 Å². The third-order valence-corrected chi connectivity index (χ3v) is 7.60. The van der Waals surface area contributed by atoms with Crippen LogP contribution in [0.25, 0.3) is 11.0 Å². The number of halogens is 4.